The van der Waals surface area contributed by atoms with Gasteiger partial charge in [-0.05, 0) is 17.9 Å². The zero-order chi connectivity index (χ0) is 14.9. The van der Waals surface area contributed by atoms with Crippen LogP contribution < -0.4 is 5.73 Å². The summed E-state index contributed by atoms with van der Waals surface area (Å²) in [5.41, 5.74) is 8.57. The monoisotopic (exact) mass is 271 g/mol. The van der Waals surface area contributed by atoms with Gasteiger partial charge in [0.15, 0.2) is 0 Å². The van der Waals surface area contributed by atoms with E-state index in [0.29, 0.717) is 5.92 Å². The summed E-state index contributed by atoms with van der Waals surface area (Å²) in [6, 6.07) is 10.5. The van der Waals surface area contributed by atoms with E-state index in [1.807, 2.05) is 17.7 Å². The minimum Gasteiger partial charge on any atom is -0.384 e. The van der Waals surface area contributed by atoms with Crippen molar-refractivity contribution in [1.29, 1.82) is 0 Å². The Morgan fingerprint density at radius 3 is 2.30 bits per heavy atom. The molecule has 1 unspecified atom stereocenters. The van der Waals surface area contributed by atoms with Crippen LogP contribution in [-0.2, 0) is 18.9 Å². The number of imidazole rings is 1. The Morgan fingerprint density at radius 1 is 1.20 bits per heavy atom. The van der Waals surface area contributed by atoms with Gasteiger partial charge in [0.1, 0.15) is 11.6 Å². The zero-order valence-electron chi connectivity index (χ0n) is 13.1. The molecule has 0 bridgehead atoms. The summed E-state index contributed by atoms with van der Waals surface area (Å²) in [7, 11) is 2.00. The molecule has 3 nitrogen and oxygen atoms in total. The van der Waals surface area contributed by atoms with Gasteiger partial charge in [-0.2, -0.15) is 0 Å². The van der Waals surface area contributed by atoms with Crippen LogP contribution in [0.5, 0.6) is 0 Å². The van der Waals surface area contributed by atoms with Gasteiger partial charge in [0.05, 0.1) is 5.69 Å². The molecule has 0 fully saturated rings. The van der Waals surface area contributed by atoms with Crippen LogP contribution in [0.15, 0.2) is 30.3 Å². The van der Waals surface area contributed by atoms with Crippen molar-refractivity contribution in [2.24, 2.45) is 7.05 Å². The molecular formula is C17H25N3. The molecule has 0 saturated carbocycles. The van der Waals surface area contributed by atoms with Gasteiger partial charge < -0.3 is 10.3 Å². The van der Waals surface area contributed by atoms with E-state index in [1.165, 1.54) is 5.56 Å². The summed E-state index contributed by atoms with van der Waals surface area (Å²) in [6.07, 6.45) is 0.875. The smallest absolute Gasteiger partial charge is 0.126 e. The molecule has 0 amide bonds. The fourth-order valence-electron chi connectivity index (χ4n) is 2.58. The number of hydrogen-bond donors (Lipinski definition) is 1. The molecule has 0 aliphatic carbocycles. The highest BCUT2D eigenvalue weighted by molar-refractivity contribution is 5.40. The number of rotatable bonds is 3. The summed E-state index contributed by atoms with van der Waals surface area (Å²) in [6.45, 7) is 8.72. The van der Waals surface area contributed by atoms with Gasteiger partial charge in [-0.3, -0.25) is 0 Å². The van der Waals surface area contributed by atoms with Crippen LogP contribution in [0.3, 0.4) is 0 Å². The lowest BCUT2D eigenvalue weighted by Gasteiger charge is -2.17. The van der Waals surface area contributed by atoms with E-state index in [4.69, 9.17) is 10.7 Å². The Balaban J connectivity index is 2.27. The molecule has 0 radical (unpaired) electrons. The van der Waals surface area contributed by atoms with Crippen molar-refractivity contribution in [3.8, 4) is 0 Å². The molecule has 1 atom stereocenters. The molecule has 20 heavy (non-hydrogen) atoms. The highest BCUT2D eigenvalue weighted by Crippen LogP contribution is 2.28. The highest BCUT2D eigenvalue weighted by Gasteiger charge is 2.23. The molecule has 2 N–H and O–H groups in total. The summed E-state index contributed by atoms with van der Waals surface area (Å²) in [5, 5.41) is 0. The van der Waals surface area contributed by atoms with Crippen LogP contribution in [-0.4, -0.2) is 9.55 Å². The van der Waals surface area contributed by atoms with E-state index in [1.54, 1.807) is 0 Å². The van der Waals surface area contributed by atoms with Gasteiger partial charge >= 0.3 is 0 Å². The van der Waals surface area contributed by atoms with Crippen LogP contribution in [0.1, 0.15) is 50.7 Å². The summed E-state index contributed by atoms with van der Waals surface area (Å²) >= 11 is 0. The summed E-state index contributed by atoms with van der Waals surface area (Å²) in [5.74, 6) is 2.25. The van der Waals surface area contributed by atoms with Crippen molar-refractivity contribution in [2.75, 3.05) is 5.73 Å². The molecule has 0 spiro atoms. The predicted octanol–water partition coefficient (Wildman–Crippen LogP) is 3.65. The largest absolute Gasteiger partial charge is 0.384 e. The van der Waals surface area contributed by atoms with Crippen LogP contribution in [0, 0.1) is 0 Å². The minimum absolute atomic E-state index is 0.0110. The Labute approximate surface area is 121 Å². The topological polar surface area (TPSA) is 43.8 Å². The summed E-state index contributed by atoms with van der Waals surface area (Å²) in [4.78, 5) is 4.78. The van der Waals surface area contributed by atoms with Gasteiger partial charge in [-0.15, -0.1) is 0 Å². The van der Waals surface area contributed by atoms with Gasteiger partial charge in [0, 0.05) is 12.5 Å². The van der Waals surface area contributed by atoms with E-state index in [-0.39, 0.29) is 5.41 Å². The molecule has 0 aliphatic rings. The van der Waals surface area contributed by atoms with Gasteiger partial charge in [0.25, 0.3) is 0 Å². The fraction of sp³-hybridized carbons (Fsp3) is 0.471. The highest BCUT2D eigenvalue weighted by atomic mass is 15.1. The molecule has 0 saturated heterocycles. The molecule has 0 aliphatic heterocycles. The number of nitrogen functional groups attached to an aromatic ring is 1. The maximum atomic E-state index is 6.23. The van der Waals surface area contributed by atoms with Gasteiger partial charge in [0.2, 0.25) is 0 Å². The third kappa shape index (κ3) is 2.87. The number of aromatic nitrogens is 2. The van der Waals surface area contributed by atoms with Crippen molar-refractivity contribution in [1.82, 2.24) is 9.55 Å². The van der Waals surface area contributed by atoms with Crippen LogP contribution in [0.2, 0.25) is 0 Å². The molecule has 2 aromatic rings. The molecule has 1 aromatic heterocycles. The first kappa shape index (κ1) is 14.6. The van der Waals surface area contributed by atoms with Crippen molar-refractivity contribution < 1.29 is 0 Å². The van der Waals surface area contributed by atoms with Crippen LogP contribution in [0.25, 0.3) is 0 Å². The lowest BCUT2D eigenvalue weighted by atomic mass is 9.95. The fourth-order valence-corrected chi connectivity index (χ4v) is 2.58. The van der Waals surface area contributed by atoms with Crippen molar-refractivity contribution in [3.63, 3.8) is 0 Å². The third-order valence-electron chi connectivity index (χ3n) is 3.75. The number of hydrogen-bond acceptors (Lipinski definition) is 2. The Bertz CT molecular complexity index is 576. The second kappa shape index (κ2) is 5.31. The van der Waals surface area contributed by atoms with Crippen molar-refractivity contribution in [2.45, 2.75) is 45.4 Å². The second-order valence-electron chi connectivity index (χ2n) is 6.59. The number of benzene rings is 1. The maximum absolute atomic E-state index is 6.23. The average molecular weight is 271 g/mol. The molecule has 108 valence electrons. The van der Waals surface area contributed by atoms with E-state index < -0.39 is 0 Å². The average Bonchev–Trinajstić information content (AvgIpc) is 2.68. The molecule has 1 aromatic carbocycles. The maximum Gasteiger partial charge on any atom is 0.126 e. The molecule has 3 heteroatoms. The van der Waals surface area contributed by atoms with E-state index in [0.717, 1.165) is 23.8 Å². The van der Waals surface area contributed by atoms with Gasteiger partial charge in [-0.25, -0.2) is 4.98 Å². The first-order chi connectivity index (χ1) is 9.30. The first-order valence-electron chi connectivity index (χ1n) is 7.17. The summed E-state index contributed by atoms with van der Waals surface area (Å²) < 4.78 is 2.02. The minimum atomic E-state index is 0.0110. The Kier molecular flexibility index (Phi) is 3.89. The van der Waals surface area contributed by atoms with Gasteiger partial charge in [-0.1, -0.05) is 58.0 Å². The standard InChI is InChI=1S/C17H25N3/c1-12(13-9-7-6-8-10-13)11-14-15(18)20(5)16(19-14)17(2,3)4/h6-10,12H,11,18H2,1-5H3. The SMILES string of the molecule is CC(Cc1nc(C(C)(C)C)n(C)c1N)c1ccccc1. The number of nitrogens with zero attached hydrogens (tertiary/aromatic N) is 2. The lowest BCUT2D eigenvalue weighted by molar-refractivity contribution is 0.523. The van der Waals surface area contributed by atoms with Crippen molar-refractivity contribution >= 4 is 5.82 Å². The number of anilines is 1. The Hall–Kier alpha value is -1.77. The second-order valence-corrected chi connectivity index (χ2v) is 6.59. The first-order valence-corrected chi connectivity index (χ1v) is 7.17. The van der Waals surface area contributed by atoms with E-state index in [2.05, 4.69) is 52.0 Å². The molecular weight excluding hydrogens is 246 g/mol. The Morgan fingerprint density at radius 2 is 1.80 bits per heavy atom. The lowest BCUT2D eigenvalue weighted by Crippen LogP contribution is -2.17. The number of nitrogens with two attached hydrogens (primary N) is 1. The van der Waals surface area contributed by atoms with E-state index >= 15 is 0 Å². The van der Waals surface area contributed by atoms with E-state index in [9.17, 15) is 0 Å². The molecule has 2 rings (SSSR count). The third-order valence-corrected chi connectivity index (χ3v) is 3.75. The van der Waals surface area contributed by atoms with Crippen molar-refractivity contribution in [3.05, 3.63) is 47.4 Å². The zero-order valence-corrected chi connectivity index (χ0v) is 13.1. The normalized spacial score (nSPS) is 13.4. The van der Waals surface area contributed by atoms with Crippen LogP contribution >= 0.6 is 0 Å². The van der Waals surface area contributed by atoms with Crippen LogP contribution in [0.4, 0.5) is 5.82 Å². The predicted molar refractivity (Wildman–Crippen MR) is 84.9 cm³/mol. The molecule has 1 heterocycles. The quantitative estimate of drug-likeness (QED) is 0.926.